The smallest absolute Gasteiger partial charge is 0.306 e. The van der Waals surface area contributed by atoms with Crippen LogP contribution in [0.15, 0.2) is 36.5 Å². The van der Waals surface area contributed by atoms with Gasteiger partial charge in [-0.3, -0.25) is 4.79 Å². The normalized spacial score (nSPS) is 19.5. The van der Waals surface area contributed by atoms with Crippen LogP contribution in [0.25, 0.3) is 0 Å². The number of rotatable bonds is 49. The lowest BCUT2D eigenvalue weighted by Crippen LogP contribution is -2.59. The summed E-state index contributed by atoms with van der Waals surface area (Å²) in [5, 5.41) is 40.3. The van der Waals surface area contributed by atoms with E-state index in [0.717, 1.165) is 51.4 Å². The number of aliphatic hydroxyl groups is 4. The highest BCUT2D eigenvalue weighted by Gasteiger charge is 2.44. The number of carbonyl (C=O) groups is 1. The highest BCUT2D eigenvalue weighted by molar-refractivity contribution is 5.69. The van der Waals surface area contributed by atoms with Gasteiger partial charge in [-0.1, -0.05) is 237 Å². The van der Waals surface area contributed by atoms with E-state index in [1.807, 2.05) is 0 Å². The lowest BCUT2D eigenvalue weighted by atomic mass is 9.99. The van der Waals surface area contributed by atoms with Gasteiger partial charge < -0.3 is 39.4 Å². The van der Waals surface area contributed by atoms with Gasteiger partial charge in [-0.05, 0) is 51.4 Å². The van der Waals surface area contributed by atoms with Gasteiger partial charge in [-0.15, -0.1) is 0 Å². The van der Waals surface area contributed by atoms with Crippen LogP contribution in [0, 0.1) is 0 Å². The highest BCUT2D eigenvalue weighted by atomic mass is 16.7. The van der Waals surface area contributed by atoms with Crippen molar-refractivity contribution in [2.75, 3.05) is 26.4 Å². The first-order chi connectivity index (χ1) is 32.4. The minimum absolute atomic E-state index is 0.113. The molecule has 0 spiro atoms. The Balaban J connectivity index is 2.17. The molecule has 0 aromatic carbocycles. The van der Waals surface area contributed by atoms with Crippen molar-refractivity contribution in [1.29, 1.82) is 0 Å². The minimum Gasteiger partial charge on any atom is -0.457 e. The Hall–Kier alpha value is -1.59. The molecule has 6 unspecified atom stereocenters. The van der Waals surface area contributed by atoms with Crippen LogP contribution in [-0.2, 0) is 23.7 Å². The second kappa shape index (κ2) is 48.4. The summed E-state index contributed by atoms with van der Waals surface area (Å²) in [6.45, 7) is 4.59. The van der Waals surface area contributed by atoms with E-state index in [1.54, 1.807) is 0 Å². The van der Waals surface area contributed by atoms with Gasteiger partial charge in [-0.25, -0.2) is 0 Å². The minimum atomic E-state index is -1.54. The van der Waals surface area contributed by atoms with Crippen molar-refractivity contribution in [3.05, 3.63) is 36.5 Å². The number of hydrogen-bond acceptors (Lipinski definition) is 9. The maximum Gasteiger partial charge on any atom is 0.306 e. The van der Waals surface area contributed by atoms with Crippen molar-refractivity contribution in [3.8, 4) is 0 Å². The monoisotopic (exact) mass is 935 g/mol. The van der Waals surface area contributed by atoms with Gasteiger partial charge in [-0.2, -0.15) is 0 Å². The zero-order valence-electron chi connectivity index (χ0n) is 43.0. The van der Waals surface area contributed by atoms with E-state index >= 15 is 0 Å². The van der Waals surface area contributed by atoms with Crippen LogP contribution in [-0.4, -0.2) is 89.6 Å². The fraction of sp³-hybridized carbons (Fsp3) is 0.877. The highest BCUT2D eigenvalue weighted by Crippen LogP contribution is 2.23. The van der Waals surface area contributed by atoms with Gasteiger partial charge in [0.05, 0.1) is 19.8 Å². The average Bonchev–Trinajstić information content (AvgIpc) is 3.32. The van der Waals surface area contributed by atoms with Crippen molar-refractivity contribution in [1.82, 2.24) is 0 Å². The summed E-state index contributed by atoms with van der Waals surface area (Å²) in [6, 6.07) is 0. The molecule has 4 N–H and O–H groups in total. The summed E-state index contributed by atoms with van der Waals surface area (Å²) in [6.07, 6.45) is 53.2. The van der Waals surface area contributed by atoms with Gasteiger partial charge in [0.2, 0.25) is 0 Å². The summed E-state index contributed by atoms with van der Waals surface area (Å²) in [5.41, 5.74) is 0. The van der Waals surface area contributed by atoms with Crippen LogP contribution in [0.5, 0.6) is 0 Å². The molecule has 0 amide bonds. The van der Waals surface area contributed by atoms with Crippen molar-refractivity contribution >= 4 is 5.97 Å². The second-order valence-corrected chi connectivity index (χ2v) is 19.4. The molecule has 0 aliphatic carbocycles. The molecule has 1 fully saturated rings. The van der Waals surface area contributed by atoms with E-state index in [-0.39, 0.29) is 19.2 Å². The van der Waals surface area contributed by atoms with Crippen molar-refractivity contribution in [2.24, 2.45) is 0 Å². The number of unbranched alkanes of at least 4 members (excludes halogenated alkanes) is 32. The Bertz CT molecular complexity index is 1110. The number of esters is 1. The maximum absolute atomic E-state index is 12.9. The quantitative estimate of drug-likeness (QED) is 0.0267. The van der Waals surface area contributed by atoms with Crippen LogP contribution >= 0.6 is 0 Å². The van der Waals surface area contributed by atoms with Crippen molar-refractivity contribution in [2.45, 2.75) is 295 Å². The number of ether oxygens (including phenoxy) is 4. The molecule has 0 radical (unpaired) electrons. The van der Waals surface area contributed by atoms with E-state index in [2.05, 4.69) is 50.3 Å². The Kier molecular flexibility index (Phi) is 45.8. The van der Waals surface area contributed by atoms with Crippen molar-refractivity contribution < 1.29 is 44.2 Å². The summed E-state index contributed by atoms with van der Waals surface area (Å²) >= 11 is 0. The molecule has 1 heterocycles. The molecule has 9 nitrogen and oxygen atoms in total. The zero-order chi connectivity index (χ0) is 47.8. The van der Waals surface area contributed by atoms with Crippen LogP contribution in [0.3, 0.4) is 0 Å². The van der Waals surface area contributed by atoms with Gasteiger partial charge >= 0.3 is 5.97 Å². The Morgan fingerprint density at radius 1 is 0.485 bits per heavy atom. The van der Waals surface area contributed by atoms with Crippen molar-refractivity contribution in [3.63, 3.8) is 0 Å². The first kappa shape index (κ1) is 62.4. The molecule has 1 aliphatic rings. The Morgan fingerprint density at radius 2 is 0.879 bits per heavy atom. The van der Waals surface area contributed by atoms with E-state index in [4.69, 9.17) is 18.9 Å². The van der Waals surface area contributed by atoms with Gasteiger partial charge in [0.25, 0.3) is 0 Å². The largest absolute Gasteiger partial charge is 0.457 e. The van der Waals surface area contributed by atoms with Crippen LogP contribution in [0.2, 0.25) is 0 Å². The SMILES string of the molecule is CCCCCCC/C=C\C/C=C\C/C=C\CCCCCCCCCCC(=O)OC(COCCCCCCCCCCCCCCCCCCCCCC)COC1OC(CO)C(O)C(O)C1O. The zero-order valence-corrected chi connectivity index (χ0v) is 43.0. The molecule has 1 aliphatic heterocycles. The van der Waals surface area contributed by atoms with E-state index in [9.17, 15) is 25.2 Å². The summed E-state index contributed by atoms with van der Waals surface area (Å²) in [4.78, 5) is 12.9. The molecule has 0 bridgehead atoms. The summed E-state index contributed by atoms with van der Waals surface area (Å²) in [7, 11) is 0. The molecule has 9 heteroatoms. The van der Waals surface area contributed by atoms with Crippen LogP contribution in [0.1, 0.15) is 258 Å². The van der Waals surface area contributed by atoms with Gasteiger partial charge in [0.1, 0.15) is 30.5 Å². The number of carbonyl (C=O) groups excluding carboxylic acids is 1. The van der Waals surface area contributed by atoms with Crippen LogP contribution in [0.4, 0.5) is 0 Å². The fourth-order valence-corrected chi connectivity index (χ4v) is 8.68. The van der Waals surface area contributed by atoms with E-state index in [0.29, 0.717) is 13.0 Å². The van der Waals surface area contributed by atoms with E-state index in [1.165, 1.54) is 186 Å². The Labute approximate surface area is 406 Å². The topological polar surface area (TPSA) is 135 Å². The first-order valence-corrected chi connectivity index (χ1v) is 28.1. The molecule has 0 aromatic rings. The predicted octanol–water partition coefficient (Wildman–Crippen LogP) is 14.3. The predicted molar refractivity (Wildman–Crippen MR) is 275 cm³/mol. The fourth-order valence-electron chi connectivity index (χ4n) is 8.68. The lowest BCUT2D eigenvalue weighted by Gasteiger charge is -2.39. The van der Waals surface area contributed by atoms with Gasteiger partial charge in [0.15, 0.2) is 6.29 Å². The van der Waals surface area contributed by atoms with E-state index < -0.39 is 43.4 Å². The molecular weight excluding hydrogens is 829 g/mol. The number of allylic oxidation sites excluding steroid dienone is 6. The standard InChI is InChI=1S/C57H106O9/c1-3-5-7-9-11-13-15-17-19-21-23-25-26-27-28-30-32-34-36-38-40-42-44-46-53(59)65-51(50-64-57-56(62)55(61)54(60)52(48-58)66-57)49-63-47-45-43-41-39-37-35-33-31-29-24-22-20-18-16-14-12-10-8-6-4-2/h15,17,21,23,26-27,51-52,54-58,60-62H,3-14,16,18-20,22,24-25,28-50H2,1-2H3/b17-15-,23-21-,27-26-. The molecule has 66 heavy (non-hydrogen) atoms. The van der Waals surface area contributed by atoms with Gasteiger partial charge in [0, 0.05) is 13.0 Å². The molecule has 0 aromatic heterocycles. The number of hydrogen-bond donors (Lipinski definition) is 4. The summed E-state index contributed by atoms with van der Waals surface area (Å²) < 4.78 is 23.0. The third-order valence-electron chi connectivity index (χ3n) is 13.1. The van der Waals surface area contributed by atoms with Crippen LogP contribution < -0.4 is 0 Å². The number of aliphatic hydroxyl groups excluding tert-OH is 4. The molecule has 1 rings (SSSR count). The molecule has 6 atom stereocenters. The molecule has 1 saturated heterocycles. The third-order valence-corrected chi connectivity index (χ3v) is 13.1. The molecular formula is C57H106O9. The molecule has 0 saturated carbocycles. The second-order valence-electron chi connectivity index (χ2n) is 19.4. The molecule has 388 valence electrons. The summed E-state index contributed by atoms with van der Waals surface area (Å²) in [5.74, 6) is -0.316. The Morgan fingerprint density at radius 3 is 1.32 bits per heavy atom. The maximum atomic E-state index is 12.9. The third kappa shape index (κ3) is 38.3. The first-order valence-electron chi connectivity index (χ1n) is 28.1. The lowest BCUT2D eigenvalue weighted by molar-refractivity contribution is -0.305. The average molecular weight is 935 g/mol.